The highest BCUT2D eigenvalue weighted by molar-refractivity contribution is 7.11. The summed E-state index contributed by atoms with van der Waals surface area (Å²) < 4.78 is 2.24. The number of imidazole rings is 1. The molecule has 1 unspecified atom stereocenters. The predicted octanol–water partition coefficient (Wildman–Crippen LogP) is 3.08. The molecule has 1 N–H and O–H groups in total. The average molecular weight is 302 g/mol. The molecule has 2 aromatic heterocycles. The third kappa shape index (κ3) is 2.64. The van der Waals surface area contributed by atoms with Crippen LogP contribution in [0.1, 0.15) is 59.9 Å². The van der Waals surface area contributed by atoms with Crippen molar-refractivity contribution in [1.29, 1.82) is 0 Å². The highest BCUT2D eigenvalue weighted by Crippen LogP contribution is 2.34. The van der Waals surface area contributed by atoms with E-state index in [0.29, 0.717) is 6.04 Å². The van der Waals surface area contributed by atoms with E-state index in [1.807, 2.05) is 23.9 Å². The lowest BCUT2D eigenvalue weighted by Gasteiger charge is -2.17. The second-order valence-electron chi connectivity index (χ2n) is 6.11. The van der Waals surface area contributed by atoms with Crippen LogP contribution < -0.4 is 5.32 Å². The molecule has 1 saturated carbocycles. The van der Waals surface area contributed by atoms with E-state index >= 15 is 0 Å². The Morgan fingerprint density at radius 1 is 1.38 bits per heavy atom. The highest BCUT2D eigenvalue weighted by Gasteiger charge is 2.30. The Morgan fingerprint density at radius 2 is 2.24 bits per heavy atom. The van der Waals surface area contributed by atoms with Crippen LogP contribution in [-0.2, 0) is 19.4 Å². The van der Waals surface area contributed by atoms with E-state index in [2.05, 4.69) is 21.8 Å². The standard InChI is InChI=1S/C16H22N4S/c1-2-20-10-17-9-13(20)15(18-11-7-8-11)16-19-12-5-3-4-6-14(12)21-16/h9-11,15,18H,2-8H2,1H3. The van der Waals surface area contributed by atoms with Crippen LogP contribution in [0.3, 0.4) is 0 Å². The number of nitrogens with one attached hydrogen (secondary N) is 1. The Balaban J connectivity index is 1.70. The molecular weight excluding hydrogens is 280 g/mol. The zero-order chi connectivity index (χ0) is 14.2. The molecule has 2 aliphatic rings. The molecule has 112 valence electrons. The molecular formula is C16H22N4S. The molecule has 5 heteroatoms. The molecule has 0 bridgehead atoms. The second kappa shape index (κ2) is 5.54. The van der Waals surface area contributed by atoms with Crippen molar-refractivity contribution in [1.82, 2.24) is 19.9 Å². The Labute approximate surface area is 129 Å². The first-order valence-corrected chi connectivity index (χ1v) is 8.91. The fraction of sp³-hybridized carbons (Fsp3) is 0.625. The first-order chi connectivity index (χ1) is 10.3. The largest absolute Gasteiger partial charge is 0.333 e. The van der Waals surface area contributed by atoms with Crippen LogP contribution in [0.2, 0.25) is 0 Å². The summed E-state index contributed by atoms with van der Waals surface area (Å²) >= 11 is 1.92. The molecule has 21 heavy (non-hydrogen) atoms. The van der Waals surface area contributed by atoms with Crippen LogP contribution in [0.15, 0.2) is 12.5 Å². The van der Waals surface area contributed by atoms with E-state index in [1.165, 1.54) is 53.4 Å². The van der Waals surface area contributed by atoms with Crippen molar-refractivity contribution >= 4 is 11.3 Å². The number of aryl methyl sites for hydroxylation is 3. The number of thiazole rings is 1. The van der Waals surface area contributed by atoms with Crippen LogP contribution in [-0.4, -0.2) is 20.6 Å². The van der Waals surface area contributed by atoms with Crippen LogP contribution in [0, 0.1) is 0 Å². The summed E-state index contributed by atoms with van der Waals surface area (Å²) in [7, 11) is 0. The van der Waals surface area contributed by atoms with Crippen molar-refractivity contribution in [3.05, 3.63) is 33.8 Å². The maximum atomic E-state index is 4.98. The number of hydrogen-bond donors (Lipinski definition) is 1. The smallest absolute Gasteiger partial charge is 0.116 e. The molecule has 2 heterocycles. The Bertz CT molecular complexity index is 603. The number of hydrogen-bond acceptors (Lipinski definition) is 4. The van der Waals surface area contributed by atoms with Gasteiger partial charge in [-0.15, -0.1) is 11.3 Å². The molecule has 2 aliphatic carbocycles. The van der Waals surface area contributed by atoms with E-state index in [4.69, 9.17) is 4.98 Å². The van der Waals surface area contributed by atoms with Crippen molar-refractivity contribution < 1.29 is 0 Å². The van der Waals surface area contributed by atoms with Gasteiger partial charge in [0.25, 0.3) is 0 Å². The number of nitrogens with zero attached hydrogens (tertiary/aromatic N) is 3. The van der Waals surface area contributed by atoms with Gasteiger partial charge in [0.2, 0.25) is 0 Å². The Morgan fingerprint density at radius 3 is 3.00 bits per heavy atom. The molecule has 1 fully saturated rings. The Hall–Kier alpha value is -1.20. The van der Waals surface area contributed by atoms with E-state index in [-0.39, 0.29) is 6.04 Å². The normalized spacial score (nSPS) is 19.5. The topological polar surface area (TPSA) is 42.7 Å². The van der Waals surface area contributed by atoms with E-state index in [1.54, 1.807) is 0 Å². The zero-order valence-corrected chi connectivity index (χ0v) is 13.3. The van der Waals surface area contributed by atoms with Gasteiger partial charge in [-0.2, -0.15) is 0 Å². The summed E-state index contributed by atoms with van der Waals surface area (Å²) in [6, 6.07) is 0.881. The van der Waals surface area contributed by atoms with Crippen molar-refractivity contribution in [2.24, 2.45) is 0 Å². The molecule has 4 rings (SSSR count). The minimum Gasteiger partial charge on any atom is -0.333 e. The second-order valence-corrected chi connectivity index (χ2v) is 7.22. The summed E-state index contributed by atoms with van der Waals surface area (Å²) in [6.07, 6.45) is 11.5. The first-order valence-electron chi connectivity index (χ1n) is 8.09. The van der Waals surface area contributed by atoms with Crippen LogP contribution in [0.5, 0.6) is 0 Å². The molecule has 0 saturated heterocycles. The van der Waals surface area contributed by atoms with E-state index < -0.39 is 0 Å². The van der Waals surface area contributed by atoms with Gasteiger partial charge in [0, 0.05) is 17.5 Å². The van der Waals surface area contributed by atoms with Gasteiger partial charge in [-0.3, -0.25) is 0 Å². The third-order valence-electron chi connectivity index (χ3n) is 4.47. The van der Waals surface area contributed by atoms with Gasteiger partial charge in [-0.25, -0.2) is 9.97 Å². The van der Waals surface area contributed by atoms with Crippen LogP contribution >= 0.6 is 11.3 Å². The minimum absolute atomic E-state index is 0.218. The lowest BCUT2D eigenvalue weighted by atomic mass is 10.0. The van der Waals surface area contributed by atoms with Crippen molar-refractivity contribution in [2.45, 2.75) is 64.1 Å². The maximum absolute atomic E-state index is 4.98. The van der Waals surface area contributed by atoms with Crippen LogP contribution in [0.4, 0.5) is 0 Å². The quantitative estimate of drug-likeness (QED) is 0.923. The first kappa shape index (κ1) is 13.5. The molecule has 0 radical (unpaired) electrons. The molecule has 0 aromatic carbocycles. The zero-order valence-electron chi connectivity index (χ0n) is 12.5. The predicted molar refractivity (Wildman–Crippen MR) is 84.7 cm³/mol. The summed E-state index contributed by atoms with van der Waals surface area (Å²) in [5.74, 6) is 0. The molecule has 2 aromatic rings. The van der Waals surface area contributed by atoms with Crippen molar-refractivity contribution in [2.75, 3.05) is 0 Å². The molecule has 4 nitrogen and oxygen atoms in total. The number of rotatable bonds is 5. The van der Waals surface area contributed by atoms with Crippen LogP contribution in [0.25, 0.3) is 0 Å². The maximum Gasteiger partial charge on any atom is 0.116 e. The molecule has 0 amide bonds. The highest BCUT2D eigenvalue weighted by atomic mass is 32.1. The van der Waals surface area contributed by atoms with Gasteiger partial charge >= 0.3 is 0 Å². The average Bonchev–Trinajstić information content (AvgIpc) is 3.04. The monoisotopic (exact) mass is 302 g/mol. The lowest BCUT2D eigenvalue weighted by Crippen LogP contribution is -2.26. The third-order valence-corrected chi connectivity index (χ3v) is 5.69. The van der Waals surface area contributed by atoms with Gasteiger partial charge in [0.15, 0.2) is 0 Å². The van der Waals surface area contributed by atoms with E-state index in [0.717, 1.165) is 13.0 Å². The Kier molecular flexibility index (Phi) is 3.55. The summed E-state index contributed by atoms with van der Waals surface area (Å²) in [4.78, 5) is 10.8. The summed E-state index contributed by atoms with van der Waals surface area (Å²) in [5.41, 5.74) is 2.61. The molecule has 0 aliphatic heterocycles. The van der Waals surface area contributed by atoms with Gasteiger partial charge in [0.05, 0.1) is 23.9 Å². The van der Waals surface area contributed by atoms with Gasteiger partial charge < -0.3 is 9.88 Å². The number of fused-ring (bicyclic) bond motifs is 1. The SMILES string of the molecule is CCn1cncc1C(NC1CC1)c1nc2c(s1)CCCC2. The minimum atomic E-state index is 0.218. The number of aromatic nitrogens is 3. The fourth-order valence-corrected chi connectivity index (χ4v) is 4.33. The van der Waals surface area contributed by atoms with Gasteiger partial charge in [-0.1, -0.05) is 0 Å². The van der Waals surface area contributed by atoms with Gasteiger partial charge in [0.1, 0.15) is 11.0 Å². The summed E-state index contributed by atoms with van der Waals surface area (Å²) in [5, 5.41) is 5.02. The fourth-order valence-electron chi connectivity index (χ4n) is 3.10. The lowest BCUT2D eigenvalue weighted by molar-refractivity contribution is 0.551. The van der Waals surface area contributed by atoms with Crippen molar-refractivity contribution in [3.8, 4) is 0 Å². The molecule has 0 spiro atoms. The van der Waals surface area contributed by atoms with Gasteiger partial charge in [-0.05, 0) is 45.4 Å². The molecule has 1 atom stereocenters. The summed E-state index contributed by atoms with van der Waals surface area (Å²) in [6.45, 7) is 3.13. The van der Waals surface area contributed by atoms with Crippen molar-refractivity contribution in [3.63, 3.8) is 0 Å². The van der Waals surface area contributed by atoms with E-state index in [9.17, 15) is 0 Å².